The summed E-state index contributed by atoms with van der Waals surface area (Å²) >= 11 is 0. The fraction of sp³-hybridized carbons (Fsp3) is 0.111. The van der Waals surface area contributed by atoms with Crippen molar-refractivity contribution in [2.45, 2.75) is 6.92 Å². The number of nitro groups is 1. The molecule has 5 nitrogen and oxygen atoms in total. The highest BCUT2D eigenvalue weighted by molar-refractivity contribution is 5.86. The number of nitrogens with zero attached hydrogens (tertiary/aromatic N) is 2. The quantitative estimate of drug-likeness (QED) is 0.402. The van der Waals surface area contributed by atoms with E-state index in [0.717, 1.165) is 0 Å². The van der Waals surface area contributed by atoms with E-state index in [4.69, 9.17) is 5.26 Å². The molecule has 70 valence electrons. The summed E-state index contributed by atoms with van der Waals surface area (Å²) in [6.07, 6.45) is 0.337. The van der Waals surface area contributed by atoms with Crippen LogP contribution in [0.25, 0.3) is 0 Å². The Morgan fingerprint density at radius 1 is 1.57 bits per heavy atom. The highest BCUT2D eigenvalue weighted by Gasteiger charge is 2.18. The van der Waals surface area contributed by atoms with Crippen molar-refractivity contribution >= 4 is 12.0 Å². The summed E-state index contributed by atoms with van der Waals surface area (Å²) in [7, 11) is 0. The lowest BCUT2D eigenvalue weighted by molar-refractivity contribution is -0.385. The molecule has 0 saturated carbocycles. The van der Waals surface area contributed by atoms with Crippen LogP contribution in [0, 0.1) is 28.4 Å². The zero-order chi connectivity index (χ0) is 10.7. The van der Waals surface area contributed by atoms with Crippen LogP contribution >= 0.6 is 0 Å². The number of rotatable bonds is 2. The van der Waals surface area contributed by atoms with E-state index in [1.807, 2.05) is 0 Å². The summed E-state index contributed by atoms with van der Waals surface area (Å²) < 4.78 is 0. The van der Waals surface area contributed by atoms with Gasteiger partial charge in [0, 0.05) is 6.07 Å². The van der Waals surface area contributed by atoms with Gasteiger partial charge in [-0.25, -0.2) is 0 Å². The maximum atomic E-state index is 10.6. The number of carbonyl (C=O) groups excluding carboxylic acids is 1. The fourth-order valence-electron chi connectivity index (χ4n) is 1.14. The van der Waals surface area contributed by atoms with Gasteiger partial charge in [0.2, 0.25) is 0 Å². The third-order valence-corrected chi connectivity index (χ3v) is 1.86. The van der Waals surface area contributed by atoms with Crippen LogP contribution < -0.4 is 0 Å². The van der Waals surface area contributed by atoms with Crippen molar-refractivity contribution in [2.24, 2.45) is 0 Å². The average molecular weight is 190 g/mol. The molecule has 0 atom stereocenters. The first kappa shape index (κ1) is 9.86. The van der Waals surface area contributed by atoms with Crippen LogP contribution in [0.1, 0.15) is 21.5 Å². The zero-order valence-electron chi connectivity index (χ0n) is 7.35. The van der Waals surface area contributed by atoms with Gasteiger partial charge in [0.1, 0.15) is 11.6 Å². The number of hydrogen-bond acceptors (Lipinski definition) is 4. The molecule has 0 amide bonds. The van der Waals surface area contributed by atoms with Gasteiger partial charge in [-0.2, -0.15) is 5.26 Å². The molecule has 0 spiro atoms. The lowest BCUT2D eigenvalue weighted by atomic mass is 10.0. The van der Waals surface area contributed by atoms with Gasteiger partial charge in [-0.15, -0.1) is 0 Å². The minimum atomic E-state index is -0.677. The third-order valence-electron chi connectivity index (χ3n) is 1.86. The Hall–Kier alpha value is -2.22. The van der Waals surface area contributed by atoms with Crippen LogP contribution in [-0.2, 0) is 0 Å². The van der Waals surface area contributed by atoms with Crippen LogP contribution in [0.15, 0.2) is 12.1 Å². The number of nitro benzene ring substituents is 1. The molecule has 0 N–H and O–H groups in total. The summed E-state index contributed by atoms with van der Waals surface area (Å²) in [5, 5.41) is 19.2. The highest BCUT2D eigenvalue weighted by atomic mass is 16.6. The van der Waals surface area contributed by atoms with Crippen LogP contribution in [-0.4, -0.2) is 11.2 Å². The molecule has 1 aromatic rings. The van der Waals surface area contributed by atoms with Gasteiger partial charge >= 0.3 is 0 Å². The summed E-state index contributed by atoms with van der Waals surface area (Å²) in [4.78, 5) is 20.4. The molecule has 0 fully saturated rings. The number of nitriles is 1. The summed E-state index contributed by atoms with van der Waals surface area (Å²) in [6.45, 7) is 1.62. The van der Waals surface area contributed by atoms with Crippen LogP contribution in [0.5, 0.6) is 0 Å². The van der Waals surface area contributed by atoms with Gasteiger partial charge in [0.15, 0.2) is 6.29 Å². The molecule has 1 rings (SSSR count). The third kappa shape index (κ3) is 1.45. The van der Waals surface area contributed by atoms with Crippen molar-refractivity contribution in [3.63, 3.8) is 0 Å². The predicted octanol–water partition coefficient (Wildman–Crippen LogP) is 1.59. The van der Waals surface area contributed by atoms with Gasteiger partial charge < -0.3 is 0 Å². The molecular weight excluding hydrogens is 184 g/mol. The summed E-state index contributed by atoms with van der Waals surface area (Å²) in [6, 6.07) is 4.44. The van der Waals surface area contributed by atoms with E-state index in [-0.39, 0.29) is 16.8 Å². The van der Waals surface area contributed by atoms with E-state index in [9.17, 15) is 14.9 Å². The van der Waals surface area contributed by atoms with Crippen molar-refractivity contribution in [1.82, 2.24) is 0 Å². The Morgan fingerprint density at radius 3 is 2.64 bits per heavy atom. The first-order valence-electron chi connectivity index (χ1n) is 3.75. The van der Waals surface area contributed by atoms with Crippen molar-refractivity contribution in [3.05, 3.63) is 38.9 Å². The first-order valence-corrected chi connectivity index (χ1v) is 3.75. The van der Waals surface area contributed by atoms with Gasteiger partial charge in [0.25, 0.3) is 5.69 Å². The lowest BCUT2D eigenvalue weighted by Crippen LogP contribution is -1.99. The molecule has 0 saturated heterocycles. The summed E-state index contributed by atoms with van der Waals surface area (Å²) in [5.41, 5.74) is 0.133. The SMILES string of the molecule is Cc1ccc([N+](=O)[O-])c(C=O)c1C#N. The van der Waals surface area contributed by atoms with Crippen molar-refractivity contribution in [3.8, 4) is 6.07 Å². The van der Waals surface area contributed by atoms with Crippen molar-refractivity contribution in [1.29, 1.82) is 5.26 Å². The molecule has 5 heteroatoms. The van der Waals surface area contributed by atoms with E-state index in [1.54, 1.807) is 13.0 Å². The van der Waals surface area contributed by atoms with Gasteiger partial charge in [-0.05, 0) is 12.5 Å². The predicted molar refractivity (Wildman–Crippen MR) is 47.9 cm³/mol. The number of carbonyl (C=O) groups is 1. The monoisotopic (exact) mass is 190 g/mol. The molecule has 0 heterocycles. The van der Waals surface area contributed by atoms with Gasteiger partial charge in [-0.3, -0.25) is 14.9 Å². The van der Waals surface area contributed by atoms with E-state index < -0.39 is 4.92 Å². The molecular formula is C9H6N2O3. The maximum absolute atomic E-state index is 10.6. The Morgan fingerprint density at radius 2 is 2.21 bits per heavy atom. The Balaban J connectivity index is 3.58. The average Bonchev–Trinajstić information content (AvgIpc) is 2.16. The van der Waals surface area contributed by atoms with E-state index in [2.05, 4.69) is 0 Å². The van der Waals surface area contributed by atoms with Crippen molar-refractivity contribution < 1.29 is 9.72 Å². The van der Waals surface area contributed by atoms with Crippen LogP contribution in [0.2, 0.25) is 0 Å². The molecule has 1 aromatic carbocycles. The van der Waals surface area contributed by atoms with Crippen LogP contribution in [0.3, 0.4) is 0 Å². The fourth-order valence-corrected chi connectivity index (χ4v) is 1.14. The molecule has 0 aliphatic rings. The molecule has 14 heavy (non-hydrogen) atoms. The molecule has 0 radical (unpaired) electrons. The number of aldehydes is 1. The standard InChI is InChI=1S/C9H6N2O3/c1-6-2-3-9(11(13)14)8(5-12)7(6)4-10/h2-3,5H,1H3. The van der Waals surface area contributed by atoms with Gasteiger partial charge in [-0.1, -0.05) is 6.07 Å². The molecule has 0 aliphatic heterocycles. The largest absolute Gasteiger partial charge is 0.298 e. The first-order chi connectivity index (χ1) is 6.61. The Bertz CT molecular complexity index is 446. The second-order valence-corrected chi connectivity index (χ2v) is 2.68. The molecule has 0 aromatic heterocycles. The topological polar surface area (TPSA) is 84.0 Å². The number of hydrogen-bond donors (Lipinski definition) is 0. The second-order valence-electron chi connectivity index (χ2n) is 2.68. The highest BCUT2D eigenvalue weighted by Crippen LogP contribution is 2.22. The minimum absolute atomic E-state index is 0.0641. The number of aryl methyl sites for hydroxylation is 1. The Kier molecular flexibility index (Phi) is 2.58. The smallest absolute Gasteiger partial charge is 0.281 e. The van der Waals surface area contributed by atoms with Crippen LogP contribution in [0.4, 0.5) is 5.69 Å². The van der Waals surface area contributed by atoms with E-state index in [1.165, 1.54) is 12.1 Å². The lowest BCUT2D eigenvalue weighted by Gasteiger charge is -2.00. The molecule has 0 bridgehead atoms. The molecule has 0 unspecified atom stereocenters. The van der Waals surface area contributed by atoms with Gasteiger partial charge in [0.05, 0.1) is 10.5 Å². The normalized spacial score (nSPS) is 9.14. The Labute approximate surface area is 79.7 Å². The van der Waals surface area contributed by atoms with Crippen molar-refractivity contribution in [2.75, 3.05) is 0 Å². The minimum Gasteiger partial charge on any atom is -0.298 e. The number of benzene rings is 1. The summed E-state index contributed by atoms with van der Waals surface area (Å²) in [5.74, 6) is 0. The zero-order valence-corrected chi connectivity index (χ0v) is 7.35. The second kappa shape index (κ2) is 3.66. The maximum Gasteiger partial charge on any atom is 0.281 e. The van der Waals surface area contributed by atoms with E-state index >= 15 is 0 Å². The molecule has 0 aliphatic carbocycles. The van der Waals surface area contributed by atoms with E-state index in [0.29, 0.717) is 11.8 Å².